The highest BCUT2D eigenvalue weighted by Crippen LogP contribution is 2.36. The molecule has 4 saturated carbocycles. The van der Waals surface area contributed by atoms with Crippen LogP contribution >= 0.6 is 0 Å². The molecule has 0 unspecified atom stereocenters. The second-order valence-electron chi connectivity index (χ2n) is 20.4. The molecule has 3 heterocycles. The van der Waals surface area contributed by atoms with Crippen LogP contribution < -0.4 is 20.4 Å². The van der Waals surface area contributed by atoms with Crippen LogP contribution in [0.25, 0.3) is 0 Å². The number of aldehydes is 1. The zero-order chi connectivity index (χ0) is 47.5. The third kappa shape index (κ3) is 14.3. The van der Waals surface area contributed by atoms with E-state index in [1.165, 1.54) is 96.2 Å². The number of carbonyl (C=O) groups excluding carboxylic acids is 4. The summed E-state index contributed by atoms with van der Waals surface area (Å²) in [7, 11) is 0. The van der Waals surface area contributed by atoms with Crippen molar-refractivity contribution in [2.24, 2.45) is 11.8 Å². The Morgan fingerprint density at radius 3 is 1.81 bits per heavy atom. The Labute approximate surface area is 401 Å². The van der Waals surface area contributed by atoms with Crippen molar-refractivity contribution in [1.82, 2.24) is 29.7 Å². The molecule has 0 spiro atoms. The lowest BCUT2D eigenvalue weighted by Crippen LogP contribution is -2.49. The van der Waals surface area contributed by atoms with Crippen molar-refractivity contribution in [2.75, 3.05) is 59.7 Å². The zero-order valence-corrected chi connectivity index (χ0v) is 40.3. The van der Waals surface area contributed by atoms with Crippen molar-refractivity contribution in [2.45, 2.75) is 135 Å². The van der Waals surface area contributed by atoms with Gasteiger partial charge in [-0.1, -0.05) is 50.7 Å². The fourth-order valence-electron chi connectivity index (χ4n) is 9.41. The first-order valence-electron chi connectivity index (χ1n) is 25.1. The highest BCUT2D eigenvalue weighted by Gasteiger charge is 2.32. The third-order valence-electron chi connectivity index (χ3n) is 13.6. The van der Waals surface area contributed by atoms with Gasteiger partial charge >= 0.3 is 6.09 Å². The quantitative estimate of drug-likeness (QED) is 0.109. The van der Waals surface area contributed by atoms with Crippen LogP contribution in [0.5, 0.6) is 0 Å². The average Bonchev–Trinajstić information content (AvgIpc) is 4.32. The van der Waals surface area contributed by atoms with Gasteiger partial charge in [-0.3, -0.25) is 19.3 Å². The monoisotopic (exact) mass is 927 g/mol. The van der Waals surface area contributed by atoms with Gasteiger partial charge in [0.15, 0.2) is 0 Å². The van der Waals surface area contributed by atoms with Crippen molar-refractivity contribution in [3.63, 3.8) is 0 Å². The summed E-state index contributed by atoms with van der Waals surface area (Å²) >= 11 is 0. The van der Waals surface area contributed by atoms with E-state index in [0.717, 1.165) is 67.9 Å². The van der Waals surface area contributed by atoms with E-state index >= 15 is 0 Å². The first-order chi connectivity index (χ1) is 33.0. The SMILES string of the molecule is CC(C)(C)OC(=O)N1CCN(Cc2ccc(NC(=O)c3cc(N(CC4CC4)C4CCCCC4)ncn3)cc2)CC1.O=Cc1ccc(NC(=O)c2ccnc(N(CC3CC3)C3CCCCC3)n2)cc1. The molecule has 4 aromatic rings. The number of carbonyl (C=O) groups is 4. The molecule has 2 N–H and O–H groups in total. The Kier molecular flexibility index (Phi) is 16.3. The molecule has 5 fully saturated rings. The van der Waals surface area contributed by atoms with Crippen molar-refractivity contribution in [3.05, 3.63) is 95.7 Å². The molecule has 3 amide bonds. The van der Waals surface area contributed by atoms with E-state index < -0.39 is 5.60 Å². The Hall–Kier alpha value is -5.96. The highest BCUT2D eigenvalue weighted by atomic mass is 16.6. The van der Waals surface area contributed by atoms with Crippen LogP contribution in [0.1, 0.15) is 148 Å². The van der Waals surface area contributed by atoms with Crippen LogP contribution in [-0.4, -0.2) is 111 Å². The first-order valence-corrected chi connectivity index (χ1v) is 25.1. The minimum Gasteiger partial charge on any atom is -0.444 e. The van der Waals surface area contributed by atoms with Crippen LogP contribution in [0.2, 0.25) is 0 Å². The number of nitrogens with one attached hydrogen (secondary N) is 2. The molecular formula is C53H70N10O5. The van der Waals surface area contributed by atoms with Gasteiger partial charge in [-0.25, -0.2) is 24.7 Å². The molecule has 9 rings (SSSR count). The molecule has 1 aliphatic heterocycles. The molecule has 15 heteroatoms. The van der Waals surface area contributed by atoms with Gasteiger partial charge in [-0.2, -0.15) is 0 Å². The summed E-state index contributed by atoms with van der Waals surface area (Å²) in [6.07, 6.45) is 21.3. The van der Waals surface area contributed by atoms with Gasteiger partial charge in [0.2, 0.25) is 5.95 Å². The van der Waals surface area contributed by atoms with E-state index in [9.17, 15) is 19.2 Å². The average molecular weight is 927 g/mol. The normalized spacial score (nSPS) is 18.1. The number of anilines is 4. The Morgan fingerprint density at radius 1 is 0.676 bits per heavy atom. The van der Waals surface area contributed by atoms with E-state index in [4.69, 9.17) is 4.74 Å². The van der Waals surface area contributed by atoms with E-state index in [2.05, 4.69) is 45.3 Å². The second kappa shape index (κ2) is 22.9. The van der Waals surface area contributed by atoms with Gasteiger partial charge in [0.25, 0.3) is 11.8 Å². The fourth-order valence-corrected chi connectivity index (χ4v) is 9.41. The summed E-state index contributed by atoms with van der Waals surface area (Å²) in [5, 5.41) is 5.85. The van der Waals surface area contributed by atoms with E-state index in [1.54, 1.807) is 41.4 Å². The number of nitrogens with zero attached hydrogens (tertiary/aromatic N) is 8. The number of amides is 3. The lowest BCUT2D eigenvalue weighted by molar-refractivity contribution is 0.0138. The van der Waals surface area contributed by atoms with E-state index in [1.807, 2.05) is 51.1 Å². The molecule has 362 valence electrons. The maximum absolute atomic E-state index is 13.1. The highest BCUT2D eigenvalue weighted by molar-refractivity contribution is 6.03. The van der Waals surface area contributed by atoms with Crippen LogP contribution in [0.4, 0.5) is 27.9 Å². The third-order valence-corrected chi connectivity index (χ3v) is 13.6. The number of ether oxygens (including phenoxy) is 1. The van der Waals surface area contributed by atoms with Crippen molar-refractivity contribution < 1.29 is 23.9 Å². The molecule has 4 aliphatic carbocycles. The topological polar surface area (TPSA) is 166 Å². The Morgan fingerprint density at radius 2 is 1.24 bits per heavy atom. The molecule has 15 nitrogen and oxygen atoms in total. The van der Waals surface area contributed by atoms with Crippen molar-refractivity contribution in [3.8, 4) is 0 Å². The molecule has 0 atom stereocenters. The van der Waals surface area contributed by atoms with Crippen molar-refractivity contribution in [1.29, 1.82) is 0 Å². The Bertz CT molecular complexity index is 2290. The predicted octanol–water partition coefficient (Wildman–Crippen LogP) is 9.42. The molecule has 1 saturated heterocycles. The molecular weight excluding hydrogens is 857 g/mol. The molecule has 2 aromatic heterocycles. The van der Waals surface area contributed by atoms with Crippen LogP contribution in [-0.2, 0) is 11.3 Å². The van der Waals surface area contributed by atoms with E-state index in [0.29, 0.717) is 53.8 Å². The maximum Gasteiger partial charge on any atom is 0.410 e. The maximum atomic E-state index is 13.1. The summed E-state index contributed by atoms with van der Waals surface area (Å²) in [5.41, 5.74) is 3.40. The first kappa shape index (κ1) is 48.5. The van der Waals surface area contributed by atoms with Gasteiger partial charge in [-0.05, 0) is 132 Å². The van der Waals surface area contributed by atoms with Crippen molar-refractivity contribution >= 4 is 47.3 Å². The largest absolute Gasteiger partial charge is 0.444 e. The van der Waals surface area contributed by atoms with Crippen LogP contribution in [0.3, 0.4) is 0 Å². The zero-order valence-electron chi connectivity index (χ0n) is 40.3. The van der Waals surface area contributed by atoms with E-state index in [-0.39, 0.29) is 17.9 Å². The summed E-state index contributed by atoms with van der Waals surface area (Å²) in [6, 6.07) is 19.2. The summed E-state index contributed by atoms with van der Waals surface area (Å²) in [6.45, 7) is 11.4. The summed E-state index contributed by atoms with van der Waals surface area (Å²) in [5.74, 6) is 2.55. The Balaban J connectivity index is 0.000000196. The smallest absolute Gasteiger partial charge is 0.410 e. The molecule has 68 heavy (non-hydrogen) atoms. The van der Waals surface area contributed by atoms with Gasteiger partial charge in [0, 0.05) is 87.1 Å². The van der Waals surface area contributed by atoms with Gasteiger partial charge in [0.05, 0.1) is 0 Å². The number of benzene rings is 2. The standard InChI is InChI=1S/C31H44N6O3.C22H26N4O2/c1-31(2,3)40-30(39)36-17-15-35(16-18-36)20-23-11-13-25(14-12-23)34-29(38)27-19-28(33-22-32-27)37(21-24-9-10-24)26-7-5-4-6-8-26;27-15-17-8-10-18(11-9-17)24-21(28)20-12-13-23-22(25-20)26(14-16-6-7-16)19-4-2-1-3-5-19/h11-14,19,22,24,26H,4-10,15-18,20-21H2,1-3H3,(H,34,38);8-13,15-16,19H,1-7,14H2,(H,24,28). The van der Waals surface area contributed by atoms with Crippen LogP contribution in [0, 0.1) is 11.8 Å². The van der Waals surface area contributed by atoms with Gasteiger partial charge in [0.1, 0.15) is 35.4 Å². The molecule has 0 radical (unpaired) electrons. The second-order valence-corrected chi connectivity index (χ2v) is 20.4. The lowest BCUT2D eigenvalue weighted by atomic mass is 9.94. The summed E-state index contributed by atoms with van der Waals surface area (Å²) < 4.78 is 5.49. The number of piperazine rings is 1. The van der Waals surface area contributed by atoms with Gasteiger partial charge in [-0.15, -0.1) is 0 Å². The number of hydrogen-bond acceptors (Lipinski definition) is 12. The fraction of sp³-hybridized carbons (Fsp3) is 0.547. The minimum atomic E-state index is -0.480. The number of hydrogen-bond donors (Lipinski definition) is 2. The minimum absolute atomic E-state index is 0.218. The summed E-state index contributed by atoms with van der Waals surface area (Å²) in [4.78, 5) is 75.7. The van der Waals surface area contributed by atoms with Gasteiger partial charge < -0.3 is 30.1 Å². The molecule has 5 aliphatic rings. The number of aromatic nitrogens is 4. The molecule has 2 aromatic carbocycles. The molecule has 0 bridgehead atoms. The predicted molar refractivity (Wildman–Crippen MR) is 265 cm³/mol. The van der Waals surface area contributed by atoms with Crippen LogP contribution in [0.15, 0.2) is 73.2 Å². The number of rotatable bonds is 15. The lowest BCUT2D eigenvalue weighted by Gasteiger charge is -2.35.